The zero-order valence-electron chi connectivity index (χ0n) is 13.3. The lowest BCUT2D eigenvalue weighted by Gasteiger charge is -2.31. The third kappa shape index (κ3) is 3.94. The van der Waals surface area contributed by atoms with Gasteiger partial charge in [0.05, 0.1) is 0 Å². The lowest BCUT2D eigenvalue weighted by Crippen LogP contribution is -2.35. The number of hydrogen-bond acceptors (Lipinski definition) is 2. The van der Waals surface area contributed by atoms with Gasteiger partial charge in [-0.05, 0) is 93.1 Å². The third-order valence-corrected chi connectivity index (χ3v) is 7.16. The summed E-state index contributed by atoms with van der Waals surface area (Å²) in [6.45, 7) is 3.53. The van der Waals surface area contributed by atoms with Gasteiger partial charge in [0.15, 0.2) is 0 Å². The van der Waals surface area contributed by atoms with E-state index in [1.807, 2.05) is 0 Å². The second kappa shape index (κ2) is 7.54. The number of rotatable bonds is 7. The topological polar surface area (TPSA) is 12.0 Å². The summed E-state index contributed by atoms with van der Waals surface area (Å²) >= 11 is 2.17. The highest BCUT2D eigenvalue weighted by molar-refractivity contribution is 7.99. The Balaban J connectivity index is 1.49. The van der Waals surface area contributed by atoms with Gasteiger partial charge in [-0.15, -0.1) is 0 Å². The van der Waals surface area contributed by atoms with Crippen molar-refractivity contribution >= 4 is 11.8 Å². The monoisotopic (exact) mass is 295 g/mol. The molecule has 116 valence electrons. The van der Waals surface area contributed by atoms with Crippen molar-refractivity contribution in [2.75, 3.05) is 18.1 Å². The molecule has 1 heterocycles. The molecular formula is C18H33NS. The number of nitrogens with one attached hydrogen (secondary N) is 1. The van der Waals surface area contributed by atoms with Gasteiger partial charge in [-0.1, -0.05) is 13.3 Å². The average molecular weight is 296 g/mol. The summed E-state index contributed by atoms with van der Waals surface area (Å²) in [6, 6.07) is 0.826. The molecule has 0 aromatic rings. The fourth-order valence-corrected chi connectivity index (χ4v) is 6.23. The Kier molecular flexibility index (Phi) is 5.73. The van der Waals surface area contributed by atoms with Crippen LogP contribution >= 0.6 is 11.8 Å². The van der Waals surface area contributed by atoms with Crippen LogP contribution in [0.5, 0.6) is 0 Å². The van der Waals surface area contributed by atoms with E-state index < -0.39 is 0 Å². The number of fused-ring (bicyclic) bond motifs is 2. The van der Waals surface area contributed by atoms with Crippen LogP contribution in [0.4, 0.5) is 0 Å². The minimum atomic E-state index is 0.826. The lowest BCUT2D eigenvalue weighted by molar-refractivity contribution is 0.251. The van der Waals surface area contributed by atoms with E-state index in [1.165, 1.54) is 50.2 Å². The van der Waals surface area contributed by atoms with Crippen LogP contribution in [0.1, 0.15) is 64.7 Å². The van der Waals surface area contributed by atoms with Gasteiger partial charge < -0.3 is 5.32 Å². The summed E-state index contributed by atoms with van der Waals surface area (Å²) in [5, 5.41) is 3.90. The molecule has 0 aromatic carbocycles. The molecule has 3 aliphatic rings. The maximum atomic E-state index is 3.90. The molecule has 0 radical (unpaired) electrons. The predicted molar refractivity (Wildman–Crippen MR) is 90.3 cm³/mol. The molecule has 3 rings (SSSR count). The molecule has 0 aromatic heterocycles. The van der Waals surface area contributed by atoms with Crippen molar-refractivity contribution in [3.8, 4) is 0 Å². The van der Waals surface area contributed by atoms with Gasteiger partial charge in [-0.3, -0.25) is 0 Å². The lowest BCUT2D eigenvalue weighted by atomic mass is 9.81. The molecule has 4 atom stereocenters. The molecule has 2 aliphatic carbocycles. The maximum absolute atomic E-state index is 3.90. The highest BCUT2D eigenvalue weighted by Crippen LogP contribution is 2.50. The molecule has 2 saturated carbocycles. The molecule has 2 bridgehead atoms. The Hall–Kier alpha value is 0.310. The van der Waals surface area contributed by atoms with Crippen molar-refractivity contribution < 1.29 is 0 Å². The summed E-state index contributed by atoms with van der Waals surface area (Å²) in [4.78, 5) is 0. The molecule has 1 aliphatic heterocycles. The standard InChI is InChI=1S/C18H33NS/c1-2-7-19-18(12-14-5-8-20-9-6-14)13-17-11-15-3-4-16(17)10-15/h14-19H,2-13H2,1H3. The SMILES string of the molecule is CCCNC(CC1CCSCC1)CC1CC2CCC1C2. The minimum Gasteiger partial charge on any atom is -0.314 e. The van der Waals surface area contributed by atoms with Gasteiger partial charge in [0.2, 0.25) is 0 Å². The first kappa shape index (κ1) is 15.2. The molecule has 1 saturated heterocycles. The van der Waals surface area contributed by atoms with Gasteiger partial charge >= 0.3 is 0 Å². The van der Waals surface area contributed by atoms with Crippen molar-refractivity contribution in [3.05, 3.63) is 0 Å². The van der Waals surface area contributed by atoms with Gasteiger partial charge in [-0.25, -0.2) is 0 Å². The Morgan fingerprint density at radius 1 is 1.05 bits per heavy atom. The summed E-state index contributed by atoms with van der Waals surface area (Å²) in [6.07, 6.45) is 13.4. The van der Waals surface area contributed by atoms with Crippen LogP contribution in [0, 0.1) is 23.7 Å². The fraction of sp³-hybridized carbons (Fsp3) is 1.00. The van der Waals surface area contributed by atoms with E-state index in [9.17, 15) is 0 Å². The zero-order valence-corrected chi connectivity index (χ0v) is 14.1. The second-order valence-electron chi connectivity index (χ2n) is 7.61. The Labute approximate surface area is 130 Å². The van der Waals surface area contributed by atoms with Crippen LogP contribution in [0.25, 0.3) is 0 Å². The van der Waals surface area contributed by atoms with E-state index in [2.05, 4.69) is 24.0 Å². The van der Waals surface area contributed by atoms with Gasteiger partial charge in [0.25, 0.3) is 0 Å². The summed E-state index contributed by atoms with van der Waals surface area (Å²) in [5.74, 6) is 7.14. The summed E-state index contributed by atoms with van der Waals surface area (Å²) < 4.78 is 0. The second-order valence-corrected chi connectivity index (χ2v) is 8.84. The first-order valence-corrected chi connectivity index (χ1v) is 10.3. The van der Waals surface area contributed by atoms with Crippen LogP contribution in [0.15, 0.2) is 0 Å². The molecule has 20 heavy (non-hydrogen) atoms. The van der Waals surface area contributed by atoms with Crippen LogP contribution < -0.4 is 5.32 Å². The molecule has 3 fully saturated rings. The fourth-order valence-electron chi connectivity index (χ4n) is 5.03. The van der Waals surface area contributed by atoms with Crippen molar-refractivity contribution in [2.45, 2.75) is 70.8 Å². The largest absolute Gasteiger partial charge is 0.314 e. The van der Waals surface area contributed by atoms with Crippen LogP contribution in [0.3, 0.4) is 0 Å². The van der Waals surface area contributed by atoms with Gasteiger partial charge in [0, 0.05) is 6.04 Å². The molecular weight excluding hydrogens is 262 g/mol. The van der Waals surface area contributed by atoms with Crippen molar-refractivity contribution in [1.29, 1.82) is 0 Å². The minimum absolute atomic E-state index is 0.826. The predicted octanol–water partition coefficient (Wildman–Crippen LogP) is 4.71. The van der Waals surface area contributed by atoms with Crippen molar-refractivity contribution in [2.24, 2.45) is 23.7 Å². The van der Waals surface area contributed by atoms with Gasteiger partial charge in [0.1, 0.15) is 0 Å². The van der Waals surface area contributed by atoms with E-state index in [0.29, 0.717) is 0 Å². The highest BCUT2D eigenvalue weighted by atomic mass is 32.2. The first-order valence-electron chi connectivity index (χ1n) is 9.16. The smallest absolute Gasteiger partial charge is 0.00724 e. The Morgan fingerprint density at radius 3 is 2.55 bits per heavy atom. The van der Waals surface area contributed by atoms with Crippen molar-refractivity contribution in [3.63, 3.8) is 0 Å². The van der Waals surface area contributed by atoms with Crippen molar-refractivity contribution in [1.82, 2.24) is 5.32 Å². The van der Waals surface area contributed by atoms with Gasteiger partial charge in [-0.2, -0.15) is 11.8 Å². The molecule has 1 nitrogen and oxygen atoms in total. The Morgan fingerprint density at radius 2 is 1.90 bits per heavy atom. The van der Waals surface area contributed by atoms with Crippen LogP contribution in [0.2, 0.25) is 0 Å². The van der Waals surface area contributed by atoms with E-state index in [1.54, 1.807) is 25.7 Å². The zero-order chi connectivity index (χ0) is 13.8. The summed E-state index contributed by atoms with van der Waals surface area (Å²) in [7, 11) is 0. The average Bonchev–Trinajstić information content (AvgIpc) is 3.08. The quantitative estimate of drug-likeness (QED) is 0.729. The van der Waals surface area contributed by atoms with E-state index in [0.717, 1.165) is 29.7 Å². The first-order chi connectivity index (χ1) is 9.85. The molecule has 4 unspecified atom stereocenters. The van der Waals surface area contributed by atoms with Crippen LogP contribution in [-0.4, -0.2) is 24.1 Å². The highest BCUT2D eigenvalue weighted by Gasteiger charge is 2.40. The van der Waals surface area contributed by atoms with E-state index >= 15 is 0 Å². The number of thioether (sulfide) groups is 1. The van der Waals surface area contributed by atoms with Crippen LogP contribution in [-0.2, 0) is 0 Å². The third-order valence-electron chi connectivity index (χ3n) is 6.11. The molecule has 2 heteroatoms. The summed E-state index contributed by atoms with van der Waals surface area (Å²) in [5.41, 5.74) is 0. The van der Waals surface area contributed by atoms with E-state index in [4.69, 9.17) is 0 Å². The Bertz CT molecular complexity index is 287. The normalized spacial score (nSPS) is 35.5. The van der Waals surface area contributed by atoms with E-state index in [-0.39, 0.29) is 0 Å². The molecule has 0 amide bonds. The molecule has 0 spiro atoms. The number of hydrogen-bond donors (Lipinski definition) is 1. The maximum Gasteiger partial charge on any atom is 0.00724 e. The molecule has 1 N–H and O–H groups in total.